The van der Waals surface area contributed by atoms with E-state index in [1.165, 1.54) is 0 Å². The summed E-state index contributed by atoms with van der Waals surface area (Å²) < 4.78 is 39.4. The van der Waals surface area contributed by atoms with Gasteiger partial charge in [-0.25, -0.2) is 13.2 Å². The summed E-state index contributed by atoms with van der Waals surface area (Å²) in [5.41, 5.74) is -0.160. The van der Waals surface area contributed by atoms with Gasteiger partial charge in [0, 0.05) is 24.9 Å². The molecule has 0 saturated carbocycles. The molecule has 1 aliphatic heterocycles. The van der Waals surface area contributed by atoms with Crippen molar-refractivity contribution in [2.75, 3.05) is 13.3 Å². The molecule has 0 radical (unpaired) electrons. The number of aliphatic hydroxyl groups is 1. The van der Waals surface area contributed by atoms with Gasteiger partial charge in [-0.15, -0.1) is 0 Å². The number of nitrogens with zero attached hydrogens (tertiary/aromatic N) is 1. The number of hydrogen-bond donors (Lipinski definition) is 1. The van der Waals surface area contributed by atoms with Crippen LogP contribution in [0.2, 0.25) is 0 Å². The topological polar surface area (TPSA) is 40.5 Å². The van der Waals surface area contributed by atoms with Crippen molar-refractivity contribution in [2.24, 2.45) is 0 Å². The number of carbonyl (C=O) groups excluding carboxylic acids is 1. The van der Waals surface area contributed by atoms with Crippen molar-refractivity contribution < 1.29 is 23.1 Å². The molecule has 0 spiro atoms. The van der Waals surface area contributed by atoms with E-state index in [4.69, 9.17) is 5.11 Å². The molecule has 1 atom stereocenters. The molecule has 3 nitrogen and oxygen atoms in total. The first-order chi connectivity index (χ1) is 8.02. The summed E-state index contributed by atoms with van der Waals surface area (Å²) >= 11 is 0. The fourth-order valence-electron chi connectivity index (χ4n) is 1.99. The van der Waals surface area contributed by atoms with Crippen LogP contribution in [0.1, 0.15) is 17.9 Å². The highest BCUT2D eigenvalue weighted by Crippen LogP contribution is 2.31. The fourth-order valence-corrected chi connectivity index (χ4v) is 1.99. The summed E-state index contributed by atoms with van der Waals surface area (Å²) in [6.45, 7) is -0.413. The van der Waals surface area contributed by atoms with Gasteiger partial charge in [-0.1, -0.05) is 0 Å². The smallest absolute Gasteiger partial charge is 0.225 e. The van der Waals surface area contributed by atoms with Crippen LogP contribution in [0, 0.1) is 17.5 Å². The lowest BCUT2D eigenvalue weighted by Gasteiger charge is -2.13. The number of amides is 1. The minimum atomic E-state index is -1.27. The summed E-state index contributed by atoms with van der Waals surface area (Å²) in [7, 11) is 0. The van der Waals surface area contributed by atoms with Crippen molar-refractivity contribution in [3.05, 3.63) is 35.1 Å². The minimum Gasteiger partial charge on any atom is -0.376 e. The molecule has 0 aliphatic carbocycles. The molecular weight excluding hydrogens is 235 g/mol. The van der Waals surface area contributed by atoms with Gasteiger partial charge in [0.15, 0.2) is 11.6 Å². The van der Waals surface area contributed by atoms with Gasteiger partial charge in [0.1, 0.15) is 12.5 Å². The maximum absolute atomic E-state index is 13.5. The van der Waals surface area contributed by atoms with Crippen molar-refractivity contribution >= 4 is 5.91 Å². The molecule has 92 valence electrons. The second-order valence-electron chi connectivity index (χ2n) is 3.95. The fraction of sp³-hybridized carbons (Fsp3) is 0.364. The molecule has 6 heteroatoms. The number of likely N-dealkylation sites (tertiary alicyclic amines) is 1. The van der Waals surface area contributed by atoms with E-state index in [-0.39, 0.29) is 24.4 Å². The first-order valence-electron chi connectivity index (χ1n) is 5.06. The minimum absolute atomic E-state index is 0.0552. The van der Waals surface area contributed by atoms with Crippen LogP contribution in [0.5, 0.6) is 0 Å². The molecule has 0 unspecified atom stereocenters. The Bertz CT molecular complexity index is 464. The molecule has 17 heavy (non-hydrogen) atoms. The van der Waals surface area contributed by atoms with Crippen LogP contribution in [0.4, 0.5) is 13.2 Å². The molecule has 1 fully saturated rings. The lowest BCUT2D eigenvalue weighted by molar-refractivity contribution is -0.130. The van der Waals surface area contributed by atoms with Crippen LogP contribution in [0.15, 0.2) is 12.1 Å². The van der Waals surface area contributed by atoms with Crippen molar-refractivity contribution in [1.29, 1.82) is 0 Å². The van der Waals surface area contributed by atoms with Gasteiger partial charge >= 0.3 is 0 Å². The van der Waals surface area contributed by atoms with E-state index >= 15 is 0 Å². The molecule has 1 N–H and O–H groups in total. The van der Waals surface area contributed by atoms with Gasteiger partial charge in [0.05, 0.1) is 0 Å². The highest BCUT2D eigenvalue weighted by Gasteiger charge is 2.32. The molecular formula is C11H10F3NO2. The Morgan fingerprint density at radius 1 is 1.35 bits per heavy atom. The van der Waals surface area contributed by atoms with Crippen LogP contribution < -0.4 is 0 Å². The Hall–Kier alpha value is -1.56. The third-order valence-corrected chi connectivity index (χ3v) is 2.85. The number of aliphatic hydroxyl groups excluding tert-OH is 1. The van der Waals surface area contributed by atoms with E-state index in [9.17, 15) is 18.0 Å². The zero-order chi connectivity index (χ0) is 12.6. The van der Waals surface area contributed by atoms with E-state index in [0.717, 1.165) is 11.0 Å². The molecule has 1 saturated heterocycles. The van der Waals surface area contributed by atoms with Crippen molar-refractivity contribution in [1.82, 2.24) is 4.90 Å². The summed E-state index contributed by atoms with van der Waals surface area (Å²) in [6, 6.07) is 1.34. The van der Waals surface area contributed by atoms with Gasteiger partial charge < -0.3 is 10.0 Å². The Labute approximate surface area is 95.5 Å². The highest BCUT2D eigenvalue weighted by molar-refractivity contribution is 5.79. The van der Waals surface area contributed by atoms with Crippen molar-refractivity contribution in [2.45, 2.75) is 12.3 Å². The standard InChI is InChI=1S/C11H10F3NO2/c12-7-2-8(11(14)9(13)3-7)6-1-10(17)15(4-6)5-16/h2-3,6,16H,1,4-5H2/t6-/m0/s1. The molecule has 0 aromatic heterocycles. The van der Waals surface area contributed by atoms with Crippen LogP contribution in [0.3, 0.4) is 0 Å². The van der Waals surface area contributed by atoms with E-state index in [1.807, 2.05) is 0 Å². The number of rotatable bonds is 2. The predicted octanol–water partition coefficient (Wildman–Crippen LogP) is 1.37. The highest BCUT2D eigenvalue weighted by atomic mass is 19.2. The predicted molar refractivity (Wildman–Crippen MR) is 52.5 cm³/mol. The van der Waals surface area contributed by atoms with E-state index in [1.54, 1.807) is 0 Å². The zero-order valence-corrected chi connectivity index (χ0v) is 8.79. The van der Waals surface area contributed by atoms with E-state index in [0.29, 0.717) is 6.07 Å². The molecule has 2 rings (SSSR count). The van der Waals surface area contributed by atoms with E-state index in [2.05, 4.69) is 0 Å². The summed E-state index contributed by atoms with van der Waals surface area (Å²) in [4.78, 5) is 12.4. The first-order valence-corrected chi connectivity index (χ1v) is 5.06. The summed E-state index contributed by atoms with van der Waals surface area (Å²) in [6.07, 6.45) is -0.0552. The maximum atomic E-state index is 13.5. The number of carbonyl (C=O) groups is 1. The maximum Gasteiger partial charge on any atom is 0.225 e. The third-order valence-electron chi connectivity index (χ3n) is 2.85. The Morgan fingerprint density at radius 2 is 2.06 bits per heavy atom. The van der Waals surface area contributed by atoms with Gasteiger partial charge in [-0.3, -0.25) is 4.79 Å². The quantitative estimate of drug-likeness (QED) is 0.799. The van der Waals surface area contributed by atoms with Crippen molar-refractivity contribution in [3.63, 3.8) is 0 Å². The van der Waals surface area contributed by atoms with Gasteiger partial charge in [0.2, 0.25) is 5.91 Å². The Kier molecular flexibility index (Phi) is 3.06. The molecule has 1 heterocycles. The van der Waals surface area contributed by atoms with Gasteiger partial charge in [-0.2, -0.15) is 0 Å². The van der Waals surface area contributed by atoms with Crippen molar-refractivity contribution in [3.8, 4) is 0 Å². The number of hydrogen-bond acceptors (Lipinski definition) is 2. The van der Waals surface area contributed by atoms with E-state index < -0.39 is 30.1 Å². The summed E-state index contributed by atoms with van der Waals surface area (Å²) in [5, 5.41) is 8.84. The molecule has 1 aliphatic rings. The van der Waals surface area contributed by atoms with Crippen LogP contribution in [-0.4, -0.2) is 29.2 Å². The monoisotopic (exact) mass is 245 g/mol. The molecule has 0 bridgehead atoms. The Balaban J connectivity index is 2.33. The normalized spacial score (nSPS) is 20.1. The van der Waals surface area contributed by atoms with Gasteiger partial charge in [-0.05, 0) is 11.6 Å². The Morgan fingerprint density at radius 3 is 2.65 bits per heavy atom. The lowest BCUT2D eigenvalue weighted by atomic mass is 9.97. The van der Waals surface area contributed by atoms with Crippen LogP contribution >= 0.6 is 0 Å². The average Bonchev–Trinajstić information content (AvgIpc) is 2.64. The van der Waals surface area contributed by atoms with Gasteiger partial charge in [0.25, 0.3) is 0 Å². The second-order valence-corrected chi connectivity index (χ2v) is 3.95. The molecule has 1 aromatic carbocycles. The number of halogens is 3. The lowest BCUT2D eigenvalue weighted by Crippen LogP contribution is -2.25. The molecule has 1 amide bonds. The molecule has 1 aromatic rings. The van der Waals surface area contributed by atoms with Crippen LogP contribution in [-0.2, 0) is 4.79 Å². The average molecular weight is 245 g/mol. The second kappa shape index (κ2) is 4.37. The summed E-state index contributed by atoms with van der Waals surface area (Å²) in [5.74, 6) is -4.27. The largest absolute Gasteiger partial charge is 0.376 e. The SMILES string of the molecule is O=C1C[C@H](c2cc(F)cc(F)c2F)CN1CO. The first kappa shape index (κ1) is 11.9. The third kappa shape index (κ3) is 2.12. The number of benzene rings is 1. The van der Waals surface area contributed by atoms with Crippen LogP contribution in [0.25, 0.3) is 0 Å². The zero-order valence-electron chi connectivity index (χ0n) is 8.79.